The summed E-state index contributed by atoms with van der Waals surface area (Å²) in [6.45, 7) is 10.7. The van der Waals surface area contributed by atoms with E-state index in [-0.39, 0.29) is 6.10 Å². The minimum absolute atomic E-state index is 0.0164. The number of rotatable bonds is 6. The van der Waals surface area contributed by atoms with Crippen molar-refractivity contribution in [1.29, 1.82) is 0 Å². The molecule has 5 nitrogen and oxygen atoms in total. The molecule has 0 aromatic carbocycles. The lowest BCUT2D eigenvalue weighted by Gasteiger charge is -2.30. The van der Waals surface area contributed by atoms with Crippen molar-refractivity contribution in [3.63, 3.8) is 0 Å². The van der Waals surface area contributed by atoms with Gasteiger partial charge in [-0.3, -0.25) is 0 Å². The van der Waals surface area contributed by atoms with Crippen molar-refractivity contribution in [1.82, 2.24) is 9.03 Å². The Kier molecular flexibility index (Phi) is 5.79. The number of nitrogens with one attached hydrogen (secondary N) is 1. The van der Waals surface area contributed by atoms with E-state index in [1.54, 1.807) is 0 Å². The summed E-state index contributed by atoms with van der Waals surface area (Å²) >= 11 is 0. The Balaban J connectivity index is 2.35. The van der Waals surface area contributed by atoms with E-state index in [1.165, 1.54) is 4.31 Å². The van der Waals surface area contributed by atoms with Gasteiger partial charge in [0.2, 0.25) is 0 Å². The fraction of sp³-hybridized carbons (Fsp3) is 1.00. The quantitative estimate of drug-likeness (QED) is 0.593. The fourth-order valence-electron chi connectivity index (χ4n) is 1.92. The Morgan fingerprint density at radius 1 is 1.39 bits per heavy atom. The van der Waals surface area contributed by atoms with E-state index >= 15 is 0 Å². The number of morpholine rings is 1. The molecule has 1 aliphatic heterocycles. The van der Waals surface area contributed by atoms with Crippen LogP contribution in [0, 0.1) is 0 Å². The Hall–Kier alpha value is 0.0469. The minimum Gasteiger partial charge on any atom is -0.376 e. The number of hydrogen-bond donors (Lipinski definition) is 1. The zero-order valence-electron chi connectivity index (χ0n) is 11.9. The second-order valence-corrected chi connectivity index (χ2v) is 13.5. The fourth-order valence-corrected chi connectivity index (χ4v) is 4.46. The minimum atomic E-state index is -3.32. The molecule has 1 fully saturated rings. The van der Waals surface area contributed by atoms with Gasteiger partial charge in [-0.05, 0) is 13.3 Å². The Bertz CT molecular complexity index is 354. The van der Waals surface area contributed by atoms with Gasteiger partial charge in [-0.2, -0.15) is 12.7 Å². The topological polar surface area (TPSA) is 58.6 Å². The molecule has 0 amide bonds. The molecule has 1 atom stereocenters. The molecule has 7 heteroatoms. The molecule has 0 radical (unpaired) electrons. The summed E-state index contributed by atoms with van der Waals surface area (Å²) < 4.78 is 33.6. The maximum absolute atomic E-state index is 12.0. The zero-order chi connectivity index (χ0) is 13.8. The third-order valence-electron chi connectivity index (χ3n) is 2.93. The molecule has 0 spiro atoms. The second-order valence-electron chi connectivity index (χ2n) is 6.10. The summed E-state index contributed by atoms with van der Waals surface area (Å²) in [6.07, 6.45) is 0.909. The number of hydrogen-bond acceptors (Lipinski definition) is 3. The van der Waals surface area contributed by atoms with Gasteiger partial charge >= 0.3 is 0 Å². The van der Waals surface area contributed by atoms with Crippen LogP contribution in [0.5, 0.6) is 0 Å². The first-order valence-corrected chi connectivity index (χ1v) is 11.7. The van der Waals surface area contributed by atoms with Gasteiger partial charge in [0.1, 0.15) is 0 Å². The van der Waals surface area contributed by atoms with E-state index in [0.717, 1.165) is 12.5 Å². The lowest BCUT2D eigenvalue weighted by atomic mass is 10.3. The molecule has 1 N–H and O–H groups in total. The molecule has 0 aromatic heterocycles. The molecule has 0 bridgehead atoms. The van der Waals surface area contributed by atoms with Crippen LogP contribution >= 0.6 is 0 Å². The van der Waals surface area contributed by atoms with Crippen LogP contribution in [0.2, 0.25) is 25.7 Å². The molecular formula is C11H26N2O3SSi. The molecule has 0 aliphatic carbocycles. The lowest BCUT2D eigenvalue weighted by Crippen LogP contribution is -2.49. The molecule has 1 saturated heterocycles. The molecule has 1 heterocycles. The first-order valence-electron chi connectivity index (χ1n) is 6.57. The van der Waals surface area contributed by atoms with Crippen LogP contribution in [0.3, 0.4) is 0 Å². The van der Waals surface area contributed by atoms with Gasteiger partial charge in [0, 0.05) is 27.7 Å². The molecule has 0 unspecified atom stereocenters. The van der Waals surface area contributed by atoms with Crippen LogP contribution in [0.1, 0.15) is 13.3 Å². The first-order chi connectivity index (χ1) is 8.21. The van der Waals surface area contributed by atoms with Crippen LogP contribution in [-0.4, -0.2) is 53.1 Å². The van der Waals surface area contributed by atoms with Crippen molar-refractivity contribution in [3.8, 4) is 0 Å². The van der Waals surface area contributed by atoms with Crippen LogP contribution in [0.15, 0.2) is 0 Å². The number of nitrogens with zero attached hydrogens (tertiary/aromatic N) is 1. The molecular weight excluding hydrogens is 268 g/mol. The predicted octanol–water partition coefficient (Wildman–Crippen LogP) is 1.27. The molecule has 0 saturated carbocycles. The smallest absolute Gasteiger partial charge is 0.279 e. The largest absolute Gasteiger partial charge is 0.376 e. The van der Waals surface area contributed by atoms with Crippen LogP contribution < -0.4 is 4.72 Å². The number of ether oxygens (including phenoxy) is 1. The van der Waals surface area contributed by atoms with Crippen LogP contribution in [-0.2, 0) is 14.9 Å². The molecule has 1 rings (SSSR count). The van der Waals surface area contributed by atoms with Gasteiger partial charge < -0.3 is 4.74 Å². The summed E-state index contributed by atoms with van der Waals surface area (Å²) in [4.78, 5) is 0. The van der Waals surface area contributed by atoms with Crippen LogP contribution in [0.25, 0.3) is 0 Å². The molecule has 0 aromatic rings. The van der Waals surface area contributed by atoms with E-state index in [9.17, 15) is 8.42 Å². The maximum atomic E-state index is 12.0. The SMILES string of the molecule is C[C@@H]1CN(S(=O)(=O)NCCC[Si](C)(C)C)CCO1. The van der Waals surface area contributed by atoms with Gasteiger partial charge in [0.25, 0.3) is 10.2 Å². The van der Waals surface area contributed by atoms with Gasteiger partial charge in [0.15, 0.2) is 0 Å². The average molecular weight is 294 g/mol. The second kappa shape index (κ2) is 6.47. The molecule has 1 aliphatic rings. The summed E-state index contributed by atoms with van der Waals surface area (Å²) in [7, 11) is -4.39. The highest BCUT2D eigenvalue weighted by Gasteiger charge is 2.27. The Morgan fingerprint density at radius 2 is 2.06 bits per heavy atom. The van der Waals surface area contributed by atoms with E-state index < -0.39 is 18.3 Å². The molecule has 18 heavy (non-hydrogen) atoms. The normalized spacial score (nSPS) is 23.2. The van der Waals surface area contributed by atoms with Crippen molar-refractivity contribution < 1.29 is 13.2 Å². The Morgan fingerprint density at radius 3 is 2.61 bits per heavy atom. The monoisotopic (exact) mass is 294 g/mol. The standard InChI is InChI=1S/C11H26N2O3SSi/c1-11-10-13(7-8-16-11)17(14,15)12-6-5-9-18(2,3)4/h11-12H,5-10H2,1-4H3/t11-/m1/s1. The van der Waals surface area contributed by atoms with Crippen molar-refractivity contribution in [2.45, 2.75) is 45.1 Å². The van der Waals surface area contributed by atoms with E-state index in [4.69, 9.17) is 4.74 Å². The van der Waals surface area contributed by atoms with Crippen LogP contribution in [0.4, 0.5) is 0 Å². The summed E-state index contributed by atoms with van der Waals surface area (Å²) in [5, 5.41) is 0. The van der Waals surface area contributed by atoms with Gasteiger partial charge in [0.05, 0.1) is 12.7 Å². The summed E-state index contributed by atoms with van der Waals surface area (Å²) in [6, 6.07) is 1.15. The zero-order valence-corrected chi connectivity index (χ0v) is 13.7. The lowest BCUT2D eigenvalue weighted by molar-refractivity contribution is 0.00978. The van der Waals surface area contributed by atoms with E-state index in [1.807, 2.05) is 6.92 Å². The van der Waals surface area contributed by atoms with Gasteiger partial charge in [-0.25, -0.2) is 4.72 Å². The van der Waals surface area contributed by atoms with E-state index in [0.29, 0.717) is 26.2 Å². The molecule has 108 valence electrons. The maximum Gasteiger partial charge on any atom is 0.279 e. The van der Waals surface area contributed by atoms with Crippen molar-refractivity contribution in [2.24, 2.45) is 0 Å². The van der Waals surface area contributed by atoms with Crippen molar-refractivity contribution >= 4 is 18.3 Å². The van der Waals surface area contributed by atoms with Gasteiger partial charge in [-0.15, -0.1) is 0 Å². The third-order valence-corrected chi connectivity index (χ3v) is 6.37. The summed E-state index contributed by atoms with van der Waals surface area (Å²) in [5.74, 6) is 0. The Labute approximate surface area is 112 Å². The first kappa shape index (κ1) is 16.1. The highest BCUT2D eigenvalue weighted by Crippen LogP contribution is 2.11. The summed E-state index contributed by atoms with van der Waals surface area (Å²) in [5.41, 5.74) is 0. The third kappa shape index (κ3) is 5.79. The van der Waals surface area contributed by atoms with Crippen molar-refractivity contribution in [2.75, 3.05) is 26.2 Å². The average Bonchev–Trinajstić information content (AvgIpc) is 2.23. The van der Waals surface area contributed by atoms with E-state index in [2.05, 4.69) is 24.4 Å². The van der Waals surface area contributed by atoms with Crippen molar-refractivity contribution in [3.05, 3.63) is 0 Å². The highest BCUT2D eigenvalue weighted by molar-refractivity contribution is 7.87. The highest BCUT2D eigenvalue weighted by atomic mass is 32.2. The predicted molar refractivity (Wildman–Crippen MR) is 76.7 cm³/mol. The van der Waals surface area contributed by atoms with Gasteiger partial charge in [-0.1, -0.05) is 25.7 Å².